The highest BCUT2D eigenvalue weighted by atomic mass is 16.1. The minimum atomic E-state index is -0.402. The molecule has 1 aliphatic rings. The maximum Gasteiger partial charge on any atom is 0.142 e. The van der Waals surface area contributed by atoms with Gasteiger partial charge in [0.1, 0.15) is 12.3 Å². The van der Waals surface area contributed by atoms with E-state index in [4.69, 9.17) is 5.73 Å². The Bertz CT molecular complexity index is 1290. The summed E-state index contributed by atoms with van der Waals surface area (Å²) in [5.74, 6) is 0. The molecule has 0 radical (unpaired) electrons. The number of aldehydes is 1. The van der Waals surface area contributed by atoms with E-state index in [0.717, 1.165) is 50.8 Å². The Hall–Kier alpha value is -3.87. The molecule has 0 aliphatic carbocycles. The molecule has 6 nitrogen and oxygen atoms in total. The molecule has 31 heavy (non-hydrogen) atoms. The van der Waals surface area contributed by atoms with Gasteiger partial charge in [0.15, 0.2) is 0 Å². The number of hydrazine groups is 1. The first-order valence-corrected chi connectivity index (χ1v) is 10.1. The Balaban J connectivity index is 1.63. The van der Waals surface area contributed by atoms with Crippen molar-refractivity contribution >= 4 is 28.6 Å². The number of nitrogens with zero attached hydrogens (tertiary/aromatic N) is 3. The van der Waals surface area contributed by atoms with Gasteiger partial charge in [-0.1, -0.05) is 18.2 Å². The molecular formula is C25H21N5O. The van der Waals surface area contributed by atoms with E-state index < -0.39 is 6.04 Å². The molecule has 0 bridgehead atoms. The molecule has 3 heterocycles. The fraction of sp³-hybridized carbons (Fsp3) is 0.0800. The van der Waals surface area contributed by atoms with Gasteiger partial charge < -0.3 is 10.5 Å². The van der Waals surface area contributed by atoms with Gasteiger partial charge in [-0.15, -0.1) is 0 Å². The van der Waals surface area contributed by atoms with Crippen LogP contribution in [0.5, 0.6) is 0 Å². The molecule has 2 aromatic carbocycles. The van der Waals surface area contributed by atoms with Crippen LogP contribution in [0.4, 0.5) is 5.69 Å². The molecule has 0 saturated carbocycles. The van der Waals surface area contributed by atoms with Gasteiger partial charge in [0.05, 0.1) is 16.9 Å². The monoisotopic (exact) mass is 407 g/mol. The van der Waals surface area contributed by atoms with Crippen molar-refractivity contribution in [2.75, 3.05) is 5.01 Å². The average Bonchev–Trinajstić information content (AvgIpc) is 3.28. The molecule has 2 aromatic heterocycles. The van der Waals surface area contributed by atoms with E-state index in [-0.39, 0.29) is 0 Å². The van der Waals surface area contributed by atoms with E-state index >= 15 is 0 Å². The summed E-state index contributed by atoms with van der Waals surface area (Å²) in [6.45, 7) is 0.453. The zero-order valence-corrected chi connectivity index (χ0v) is 16.8. The second-order valence-electron chi connectivity index (χ2n) is 7.38. The third kappa shape index (κ3) is 3.59. The summed E-state index contributed by atoms with van der Waals surface area (Å²) >= 11 is 0. The lowest BCUT2D eigenvalue weighted by Crippen LogP contribution is -2.37. The van der Waals surface area contributed by atoms with Crippen LogP contribution in [-0.2, 0) is 11.3 Å². The molecule has 5 rings (SSSR count). The third-order valence-corrected chi connectivity index (χ3v) is 5.44. The van der Waals surface area contributed by atoms with Gasteiger partial charge in [-0.2, -0.15) is 0 Å². The van der Waals surface area contributed by atoms with Gasteiger partial charge in [0, 0.05) is 36.1 Å². The van der Waals surface area contributed by atoms with Crippen LogP contribution in [0.2, 0.25) is 0 Å². The fourth-order valence-electron chi connectivity index (χ4n) is 3.92. The van der Waals surface area contributed by atoms with Gasteiger partial charge in [-0.05, 0) is 65.2 Å². The van der Waals surface area contributed by atoms with E-state index in [1.807, 2.05) is 71.9 Å². The predicted molar refractivity (Wildman–Crippen MR) is 123 cm³/mol. The van der Waals surface area contributed by atoms with Gasteiger partial charge in [0.2, 0.25) is 0 Å². The number of nitrogens with one attached hydrogen (secondary N) is 1. The average molecular weight is 407 g/mol. The molecule has 0 fully saturated rings. The largest absolute Gasteiger partial charge is 0.326 e. The molecular weight excluding hydrogens is 386 g/mol. The fourth-order valence-corrected chi connectivity index (χ4v) is 3.92. The van der Waals surface area contributed by atoms with Crippen LogP contribution < -0.4 is 16.2 Å². The Kier molecular flexibility index (Phi) is 5.00. The van der Waals surface area contributed by atoms with Crippen molar-refractivity contribution in [2.24, 2.45) is 5.73 Å². The minimum absolute atomic E-state index is 0.402. The van der Waals surface area contributed by atoms with E-state index in [9.17, 15) is 4.79 Å². The molecule has 4 aromatic rings. The summed E-state index contributed by atoms with van der Waals surface area (Å²) in [6, 6.07) is 19.7. The first-order chi connectivity index (χ1) is 15.3. The summed E-state index contributed by atoms with van der Waals surface area (Å²) in [7, 11) is 0. The lowest BCUT2D eigenvalue weighted by atomic mass is 9.99. The van der Waals surface area contributed by atoms with E-state index in [2.05, 4.69) is 21.5 Å². The maximum absolute atomic E-state index is 11.6. The highest BCUT2D eigenvalue weighted by molar-refractivity contribution is 5.97. The van der Waals surface area contributed by atoms with Crippen molar-refractivity contribution in [1.82, 2.24) is 15.4 Å². The Morgan fingerprint density at radius 2 is 1.87 bits per heavy atom. The predicted octanol–water partition coefficient (Wildman–Crippen LogP) is 3.69. The van der Waals surface area contributed by atoms with Crippen LogP contribution >= 0.6 is 0 Å². The number of pyridine rings is 2. The van der Waals surface area contributed by atoms with Crippen molar-refractivity contribution in [3.63, 3.8) is 0 Å². The zero-order valence-electron chi connectivity index (χ0n) is 16.8. The summed E-state index contributed by atoms with van der Waals surface area (Å²) in [5.41, 5.74) is 16.0. The Morgan fingerprint density at radius 3 is 2.68 bits per heavy atom. The molecule has 0 amide bonds. The van der Waals surface area contributed by atoms with Gasteiger partial charge in [-0.25, -0.2) is 5.43 Å². The van der Waals surface area contributed by atoms with E-state index in [0.29, 0.717) is 6.54 Å². The van der Waals surface area contributed by atoms with Crippen molar-refractivity contribution < 1.29 is 4.79 Å². The molecule has 152 valence electrons. The van der Waals surface area contributed by atoms with Crippen molar-refractivity contribution in [3.8, 4) is 11.1 Å². The smallest absolute Gasteiger partial charge is 0.142 e. The number of aromatic nitrogens is 2. The number of hydrogen-bond acceptors (Lipinski definition) is 6. The maximum atomic E-state index is 11.6. The van der Waals surface area contributed by atoms with Crippen LogP contribution in [0.25, 0.3) is 27.7 Å². The van der Waals surface area contributed by atoms with Crippen LogP contribution in [-0.4, -0.2) is 22.3 Å². The molecule has 6 heteroatoms. The number of benzene rings is 2. The molecule has 1 atom stereocenters. The number of carbonyl (C=O) groups excluding carboxylic acids is 1. The number of hydrogen-bond donors (Lipinski definition) is 2. The highest BCUT2D eigenvalue weighted by Gasteiger charge is 2.25. The number of rotatable bonds is 5. The number of fused-ring (bicyclic) bond motifs is 1. The normalized spacial score (nSPS) is 15.8. The quantitative estimate of drug-likeness (QED) is 0.491. The summed E-state index contributed by atoms with van der Waals surface area (Å²) in [5, 5.41) is 2.99. The van der Waals surface area contributed by atoms with E-state index in [1.165, 1.54) is 0 Å². The van der Waals surface area contributed by atoms with E-state index in [1.54, 1.807) is 12.4 Å². The van der Waals surface area contributed by atoms with Gasteiger partial charge >= 0.3 is 0 Å². The van der Waals surface area contributed by atoms with Gasteiger partial charge in [0.25, 0.3) is 0 Å². The first kappa shape index (κ1) is 19.1. The van der Waals surface area contributed by atoms with Crippen LogP contribution in [0, 0.1) is 0 Å². The zero-order chi connectivity index (χ0) is 21.2. The number of nitrogens with two attached hydrogens (primary N) is 1. The molecule has 1 aliphatic heterocycles. The summed E-state index contributed by atoms with van der Waals surface area (Å²) < 4.78 is 0. The minimum Gasteiger partial charge on any atom is -0.326 e. The summed E-state index contributed by atoms with van der Waals surface area (Å²) in [4.78, 5) is 20.2. The lowest BCUT2D eigenvalue weighted by Gasteiger charge is -2.24. The first-order valence-electron chi connectivity index (χ1n) is 10.1. The Labute approximate surface area is 180 Å². The third-order valence-electron chi connectivity index (χ3n) is 5.44. The standard InChI is InChI=1S/C25H21N5O/c26-15-17-2-1-3-21(12-17)30-25(14-20(16-31)29-30)19-4-5-24-23(13-19)22(8-11-28-24)18-6-9-27-10-7-18/h1-14,16,20,29H,15,26H2. The van der Waals surface area contributed by atoms with Crippen molar-refractivity contribution in [2.45, 2.75) is 12.6 Å². The van der Waals surface area contributed by atoms with Gasteiger partial charge in [-0.3, -0.25) is 15.0 Å². The second kappa shape index (κ2) is 8.10. The van der Waals surface area contributed by atoms with Crippen LogP contribution in [0.15, 0.2) is 85.3 Å². The highest BCUT2D eigenvalue weighted by Crippen LogP contribution is 2.33. The second-order valence-corrected chi connectivity index (χ2v) is 7.38. The lowest BCUT2D eigenvalue weighted by molar-refractivity contribution is -0.108. The van der Waals surface area contributed by atoms with Crippen LogP contribution in [0.3, 0.4) is 0 Å². The number of anilines is 1. The molecule has 1 unspecified atom stereocenters. The number of carbonyl (C=O) groups is 1. The van der Waals surface area contributed by atoms with Crippen molar-refractivity contribution in [1.29, 1.82) is 0 Å². The molecule has 0 saturated heterocycles. The molecule has 0 spiro atoms. The van der Waals surface area contributed by atoms with Crippen molar-refractivity contribution in [3.05, 3.63) is 96.5 Å². The SMILES string of the molecule is NCc1cccc(N2NC(C=O)C=C2c2ccc3nccc(-c4ccncc4)c3c2)c1. The topological polar surface area (TPSA) is 84.1 Å². The summed E-state index contributed by atoms with van der Waals surface area (Å²) in [6.07, 6.45) is 8.23. The Morgan fingerprint density at radius 1 is 1.00 bits per heavy atom. The van der Waals surface area contributed by atoms with Crippen LogP contribution in [0.1, 0.15) is 11.1 Å². The molecule has 3 N–H and O–H groups in total.